The number of rotatable bonds is 0. The maximum absolute atomic E-state index is 10.2. The first-order valence-electron chi connectivity index (χ1n) is 1.45. The van der Waals surface area contributed by atoms with Crippen LogP contribution in [-0.4, -0.2) is 10.4 Å². The zero-order chi connectivity index (χ0) is 6.20. The van der Waals surface area contributed by atoms with Crippen LogP contribution >= 0.6 is 0 Å². The standard InChI is InChI=1S/CO5S2/c2-1-4-6-8(3,7)5-1. The molecule has 0 aliphatic carbocycles. The lowest BCUT2D eigenvalue weighted by molar-refractivity contribution is -0.117. The van der Waals surface area contributed by atoms with Gasteiger partial charge in [0.25, 0.3) is 0 Å². The highest BCUT2D eigenvalue weighted by molar-refractivity contribution is 8.27. The van der Waals surface area contributed by atoms with Crippen LogP contribution in [0.15, 0.2) is 0 Å². The van der Waals surface area contributed by atoms with Gasteiger partial charge in [0.2, 0.25) is 0 Å². The Morgan fingerprint density at radius 3 is 2.38 bits per heavy atom. The van der Waals surface area contributed by atoms with Gasteiger partial charge in [-0.25, -0.2) is 4.89 Å². The molecule has 0 saturated carbocycles. The zero-order valence-corrected chi connectivity index (χ0v) is 4.99. The predicted octanol–water partition coefficient (Wildman–Crippen LogP) is -0.339. The predicted molar refractivity (Wildman–Crippen MR) is 24.2 cm³/mol. The zero-order valence-electron chi connectivity index (χ0n) is 3.36. The van der Waals surface area contributed by atoms with Gasteiger partial charge in [-0.3, -0.25) is 0 Å². The summed E-state index contributed by atoms with van der Waals surface area (Å²) in [5.41, 5.74) is 0. The minimum Gasteiger partial charge on any atom is -0.307 e. The quantitative estimate of drug-likeness (QED) is 0.447. The Labute approximate surface area is 49.5 Å². The van der Waals surface area contributed by atoms with Crippen LogP contribution in [0.2, 0.25) is 0 Å². The van der Waals surface area contributed by atoms with Gasteiger partial charge in [0.15, 0.2) is 0 Å². The van der Waals surface area contributed by atoms with Crippen LogP contribution in [0, 0.1) is 0 Å². The van der Waals surface area contributed by atoms with Crippen molar-refractivity contribution in [3.05, 3.63) is 0 Å². The molecule has 1 aliphatic rings. The molecule has 1 aliphatic heterocycles. The lowest BCUT2D eigenvalue weighted by Crippen LogP contribution is -1.94. The normalized spacial score (nSPS) is 36.2. The first-order chi connectivity index (χ1) is 3.60. The molecule has 1 saturated heterocycles. The summed E-state index contributed by atoms with van der Waals surface area (Å²) in [5, 5.41) is 0. The molecule has 0 bridgehead atoms. The van der Waals surface area contributed by atoms with Gasteiger partial charge in [-0.15, -0.1) is 0 Å². The molecule has 0 aromatic carbocycles. The second kappa shape index (κ2) is 1.54. The minimum absolute atomic E-state index is 1.16. The van der Waals surface area contributed by atoms with Crippen molar-refractivity contribution in [2.45, 2.75) is 0 Å². The van der Waals surface area contributed by atoms with E-state index in [2.05, 4.69) is 24.6 Å². The van der Waals surface area contributed by atoms with E-state index < -0.39 is 15.2 Å². The average molecular weight is 156 g/mol. The van der Waals surface area contributed by atoms with E-state index in [4.69, 9.17) is 0 Å². The molecule has 1 atom stereocenters. The lowest BCUT2D eigenvalue weighted by Gasteiger charge is -1.80. The van der Waals surface area contributed by atoms with Crippen molar-refractivity contribution in [2.75, 3.05) is 0 Å². The van der Waals surface area contributed by atoms with Crippen LogP contribution in [0.1, 0.15) is 0 Å². The van der Waals surface area contributed by atoms with Gasteiger partial charge in [0, 0.05) is 0 Å². The van der Waals surface area contributed by atoms with Crippen LogP contribution in [0.3, 0.4) is 0 Å². The number of hydrogen-bond donors (Lipinski definition) is 0. The summed E-state index contributed by atoms with van der Waals surface area (Å²) in [5.74, 6) is 0. The summed E-state index contributed by atoms with van der Waals surface area (Å²) in [6.45, 7) is 0. The molecule has 0 spiro atoms. The summed E-state index contributed by atoms with van der Waals surface area (Å²) in [6.07, 6.45) is -1.16. The fraction of sp³-hybridized carbons (Fsp3) is 0. The van der Waals surface area contributed by atoms with Crippen LogP contribution in [0.25, 0.3) is 0 Å². The van der Waals surface area contributed by atoms with Gasteiger partial charge >= 0.3 is 15.2 Å². The maximum Gasteiger partial charge on any atom is 0.557 e. The van der Waals surface area contributed by atoms with Gasteiger partial charge in [0.1, 0.15) is 0 Å². The third-order valence-electron chi connectivity index (χ3n) is 0.355. The van der Waals surface area contributed by atoms with Crippen LogP contribution in [-0.2, 0) is 33.6 Å². The van der Waals surface area contributed by atoms with E-state index in [1.165, 1.54) is 0 Å². The second-order valence-corrected chi connectivity index (χ2v) is 3.24. The van der Waals surface area contributed by atoms with E-state index in [0.717, 1.165) is 0 Å². The SMILES string of the molecule is O=C1OOS(=O)(=S)O1. The summed E-state index contributed by atoms with van der Waals surface area (Å²) in [7, 11) is -3.33. The highest BCUT2D eigenvalue weighted by Crippen LogP contribution is 2.08. The molecule has 1 unspecified atom stereocenters. The third kappa shape index (κ3) is 1.05. The topological polar surface area (TPSA) is 61.8 Å². The van der Waals surface area contributed by atoms with Gasteiger partial charge < -0.3 is 4.18 Å². The van der Waals surface area contributed by atoms with Crippen molar-refractivity contribution < 1.29 is 22.4 Å². The summed E-state index contributed by atoms with van der Waals surface area (Å²) >= 11 is 4.02. The monoisotopic (exact) mass is 156 g/mol. The first-order valence-corrected chi connectivity index (χ1v) is 3.78. The molecule has 0 amide bonds. The van der Waals surface area contributed by atoms with Crippen molar-refractivity contribution in [1.82, 2.24) is 0 Å². The van der Waals surface area contributed by atoms with Crippen LogP contribution in [0.4, 0.5) is 4.79 Å². The molecule has 1 fully saturated rings. The lowest BCUT2D eigenvalue weighted by atomic mass is 11.4. The van der Waals surface area contributed by atoms with E-state index in [0.29, 0.717) is 0 Å². The Kier molecular flexibility index (Phi) is 1.10. The molecular weight excluding hydrogens is 156 g/mol. The molecule has 1 rings (SSSR count). The van der Waals surface area contributed by atoms with Crippen LogP contribution in [0.5, 0.6) is 0 Å². The summed E-state index contributed by atoms with van der Waals surface area (Å²) < 4.78 is 17.8. The van der Waals surface area contributed by atoms with Crippen LogP contribution < -0.4 is 0 Å². The fourth-order valence-corrected chi connectivity index (χ4v) is 0.792. The van der Waals surface area contributed by atoms with E-state index in [-0.39, 0.29) is 0 Å². The number of carbonyl (C=O) groups is 1. The number of hydrogen-bond acceptors (Lipinski definition) is 6. The fourth-order valence-electron chi connectivity index (χ4n) is 0.181. The smallest absolute Gasteiger partial charge is 0.307 e. The van der Waals surface area contributed by atoms with E-state index in [9.17, 15) is 9.00 Å². The summed E-state index contributed by atoms with van der Waals surface area (Å²) in [6, 6.07) is 0. The maximum atomic E-state index is 10.2. The van der Waals surface area contributed by atoms with Crippen molar-refractivity contribution in [1.29, 1.82) is 0 Å². The second-order valence-electron chi connectivity index (χ2n) is 0.893. The van der Waals surface area contributed by atoms with Gasteiger partial charge in [-0.05, 0) is 4.33 Å². The van der Waals surface area contributed by atoms with Crippen molar-refractivity contribution in [2.24, 2.45) is 0 Å². The van der Waals surface area contributed by atoms with Crippen molar-refractivity contribution in [3.63, 3.8) is 0 Å². The molecule has 8 heavy (non-hydrogen) atoms. The minimum atomic E-state index is -3.33. The van der Waals surface area contributed by atoms with Gasteiger partial charge in [0.05, 0.1) is 11.2 Å². The Morgan fingerprint density at radius 1 is 1.62 bits per heavy atom. The third-order valence-corrected chi connectivity index (χ3v) is 1.30. The van der Waals surface area contributed by atoms with E-state index in [1.54, 1.807) is 0 Å². The Bertz CT molecular complexity index is 200. The average Bonchev–Trinajstić information content (AvgIpc) is 1.82. The Hall–Kier alpha value is -0.400. The van der Waals surface area contributed by atoms with Gasteiger partial charge in [-0.1, -0.05) is 0 Å². The summed E-state index contributed by atoms with van der Waals surface area (Å²) in [4.78, 5) is 13.5. The molecule has 1 heterocycles. The van der Waals surface area contributed by atoms with Crippen molar-refractivity contribution >= 4 is 26.4 Å². The molecule has 0 N–H and O–H groups in total. The highest BCUT2D eigenvalue weighted by Gasteiger charge is 2.27. The molecule has 0 aromatic rings. The van der Waals surface area contributed by atoms with E-state index in [1.807, 2.05) is 0 Å². The molecule has 5 nitrogen and oxygen atoms in total. The number of carbonyl (C=O) groups excluding carboxylic acids is 1. The largest absolute Gasteiger partial charge is 0.557 e. The first kappa shape index (κ1) is 5.73. The van der Waals surface area contributed by atoms with Crippen molar-refractivity contribution in [3.8, 4) is 0 Å². The molecule has 7 heteroatoms. The van der Waals surface area contributed by atoms with Gasteiger partial charge in [-0.2, -0.15) is 9.00 Å². The Balaban J connectivity index is 2.86. The molecule has 0 aromatic heterocycles. The Morgan fingerprint density at radius 2 is 2.25 bits per heavy atom. The molecular formula is CO5S2. The molecule has 46 valence electrons. The molecule has 0 radical (unpaired) electrons. The van der Waals surface area contributed by atoms with E-state index >= 15 is 0 Å². The highest BCUT2D eigenvalue weighted by atomic mass is 32.9.